The first kappa shape index (κ1) is 13.5. The lowest BCUT2D eigenvalue weighted by molar-refractivity contribution is -0.123. The number of nitrogens with zero attached hydrogens (tertiary/aromatic N) is 1. The summed E-state index contributed by atoms with van der Waals surface area (Å²) in [4.78, 5) is 16.3. The number of guanidine groups is 1. The van der Waals surface area contributed by atoms with Crippen molar-refractivity contribution in [1.82, 2.24) is 10.6 Å². The van der Waals surface area contributed by atoms with Crippen LogP contribution >= 0.6 is 0 Å². The highest BCUT2D eigenvalue weighted by atomic mass is 19.1. The van der Waals surface area contributed by atoms with Gasteiger partial charge in [-0.3, -0.25) is 15.1 Å². The standard InChI is InChI=1S/C14H18FN3O/c1-9(2)16-13-17-12(19)14(3,18-13)8-10-6-4-5-7-11(10)15/h4-7,9H,8H2,1-3H3,(H2,16,17,18,19). The fraction of sp³-hybridized carbons (Fsp3) is 0.429. The van der Waals surface area contributed by atoms with Gasteiger partial charge in [-0.05, 0) is 32.4 Å². The van der Waals surface area contributed by atoms with E-state index in [0.717, 1.165) is 0 Å². The van der Waals surface area contributed by atoms with E-state index in [4.69, 9.17) is 0 Å². The van der Waals surface area contributed by atoms with E-state index in [2.05, 4.69) is 15.6 Å². The summed E-state index contributed by atoms with van der Waals surface area (Å²) < 4.78 is 13.7. The predicted molar refractivity (Wildman–Crippen MR) is 72.4 cm³/mol. The first-order valence-corrected chi connectivity index (χ1v) is 6.31. The molecule has 0 spiro atoms. The van der Waals surface area contributed by atoms with Crippen LogP contribution in [0.5, 0.6) is 0 Å². The Morgan fingerprint density at radius 1 is 1.37 bits per heavy atom. The van der Waals surface area contributed by atoms with E-state index >= 15 is 0 Å². The number of halogens is 1. The summed E-state index contributed by atoms with van der Waals surface area (Å²) in [5.74, 6) is -0.0263. The molecule has 1 saturated heterocycles. The van der Waals surface area contributed by atoms with Crippen LogP contribution in [-0.4, -0.2) is 23.4 Å². The van der Waals surface area contributed by atoms with Crippen LogP contribution in [-0.2, 0) is 11.2 Å². The van der Waals surface area contributed by atoms with Crippen molar-refractivity contribution in [2.45, 2.75) is 38.8 Å². The Morgan fingerprint density at radius 2 is 2.05 bits per heavy atom. The second-order valence-corrected chi connectivity index (χ2v) is 5.25. The molecule has 0 aliphatic carbocycles. The maximum atomic E-state index is 13.7. The second kappa shape index (κ2) is 4.99. The maximum Gasteiger partial charge on any atom is 0.252 e. The molecule has 5 heteroatoms. The SMILES string of the molecule is CC(C)N=C1NC(=O)C(C)(Cc2ccccc2F)N1. The first-order valence-electron chi connectivity index (χ1n) is 6.31. The molecule has 0 aromatic heterocycles. The maximum absolute atomic E-state index is 13.7. The van der Waals surface area contributed by atoms with Crippen molar-refractivity contribution in [2.24, 2.45) is 4.99 Å². The third-order valence-electron chi connectivity index (χ3n) is 3.02. The molecular weight excluding hydrogens is 245 g/mol. The molecule has 0 radical (unpaired) electrons. The van der Waals surface area contributed by atoms with Gasteiger partial charge in [0.25, 0.3) is 5.91 Å². The number of carbonyl (C=O) groups excluding carboxylic acids is 1. The predicted octanol–water partition coefficient (Wildman–Crippen LogP) is 1.61. The Bertz CT molecular complexity index is 527. The quantitative estimate of drug-likeness (QED) is 0.870. The van der Waals surface area contributed by atoms with E-state index < -0.39 is 5.54 Å². The summed E-state index contributed by atoms with van der Waals surface area (Å²) in [5, 5.41) is 5.74. The Hall–Kier alpha value is -1.91. The number of aliphatic imine (C=N–C) groups is 1. The molecule has 0 bridgehead atoms. The smallest absolute Gasteiger partial charge is 0.252 e. The molecule has 1 amide bonds. The van der Waals surface area contributed by atoms with Gasteiger partial charge < -0.3 is 5.32 Å². The number of benzene rings is 1. The van der Waals surface area contributed by atoms with E-state index in [1.165, 1.54) is 6.07 Å². The molecule has 4 nitrogen and oxygen atoms in total. The largest absolute Gasteiger partial charge is 0.342 e. The topological polar surface area (TPSA) is 53.5 Å². The molecular formula is C14H18FN3O. The van der Waals surface area contributed by atoms with Crippen LogP contribution in [0.1, 0.15) is 26.3 Å². The molecule has 1 aromatic rings. The van der Waals surface area contributed by atoms with Crippen LogP contribution < -0.4 is 10.6 Å². The van der Waals surface area contributed by atoms with Gasteiger partial charge in [-0.15, -0.1) is 0 Å². The zero-order valence-electron chi connectivity index (χ0n) is 11.3. The number of hydrogen-bond acceptors (Lipinski definition) is 2. The Morgan fingerprint density at radius 3 is 2.68 bits per heavy atom. The lowest BCUT2D eigenvalue weighted by atomic mass is 9.93. The van der Waals surface area contributed by atoms with E-state index in [0.29, 0.717) is 11.5 Å². The van der Waals surface area contributed by atoms with Crippen LogP contribution in [0.3, 0.4) is 0 Å². The molecule has 102 valence electrons. The molecule has 1 aliphatic rings. The van der Waals surface area contributed by atoms with Crippen molar-refractivity contribution in [2.75, 3.05) is 0 Å². The highest BCUT2D eigenvalue weighted by molar-refractivity contribution is 6.08. The number of carbonyl (C=O) groups is 1. The lowest BCUT2D eigenvalue weighted by Gasteiger charge is -2.21. The van der Waals surface area contributed by atoms with Gasteiger partial charge in [-0.2, -0.15) is 0 Å². The molecule has 1 heterocycles. The van der Waals surface area contributed by atoms with Crippen molar-refractivity contribution in [3.8, 4) is 0 Å². The normalized spacial score (nSPS) is 24.7. The van der Waals surface area contributed by atoms with E-state index in [9.17, 15) is 9.18 Å². The zero-order chi connectivity index (χ0) is 14.0. The minimum absolute atomic E-state index is 0.0820. The highest BCUT2D eigenvalue weighted by Crippen LogP contribution is 2.19. The average Bonchev–Trinajstić information content (AvgIpc) is 2.56. The molecule has 1 atom stereocenters. The zero-order valence-corrected chi connectivity index (χ0v) is 11.3. The van der Waals surface area contributed by atoms with E-state index in [1.54, 1.807) is 25.1 Å². The monoisotopic (exact) mass is 263 g/mol. The van der Waals surface area contributed by atoms with Crippen molar-refractivity contribution in [3.05, 3.63) is 35.6 Å². The second-order valence-electron chi connectivity index (χ2n) is 5.25. The van der Waals surface area contributed by atoms with Gasteiger partial charge in [-0.1, -0.05) is 18.2 Å². The fourth-order valence-corrected chi connectivity index (χ4v) is 2.06. The lowest BCUT2D eigenvalue weighted by Crippen LogP contribution is -2.46. The third kappa shape index (κ3) is 2.92. The molecule has 1 aromatic carbocycles. The molecule has 19 heavy (non-hydrogen) atoms. The summed E-state index contributed by atoms with van der Waals surface area (Å²) in [6.07, 6.45) is 0.280. The molecule has 1 fully saturated rings. The van der Waals surface area contributed by atoms with Crippen LogP contribution in [0.25, 0.3) is 0 Å². The van der Waals surface area contributed by atoms with Crippen LogP contribution in [0.2, 0.25) is 0 Å². The first-order chi connectivity index (χ1) is 8.90. The highest BCUT2D eigenvalue weighted by Gasteiger charge is 2.41. The van der Waals surface area contributed by atoms with Gasteiger partial charge >= 0.3 is 0 Å². The Labute approximate surface area is 112 Å². The summed E-state index contributed by atoms with van der Waals surface area (Å²) in [5.41, 5.74) is -0.353. The summed E-state index contributed by atoms with van der Waals surface area (Å²) in [6.45, 7) is 5.60. The molecule has 2 N–H and O–H groups in total. The number of rotatable bonds is 3. The van der Waals surface area contributed by atoms with Gasteiger partial charge in [0.05, 0.1) is 0 Å². The van der Waals surface area contributed by atoms with Crippen molar-refractivity contribution in [3.63, 3.8) is 0 Å². The van der Waals surface area contributed by atoms with Crippen molar-refractivity contribution < 1.29 is 9.18 Å². The number of amides is 1. The number of hydrogen-bond donors (Lipinski definition) is 2. The minimum Gasteiger partial charge on any atom is -0.342 e. The van der Waals surface area contributed by atoms with Gasteiger partial charge in [-0.25, -0.2) is 4.39 Å². The van der Waals surface area contributed by atoms with Gasteiger partial charge in [0.15, 0.2) is 5.96 Å². The summed E-state index contributed by atoms with van der Waals surface area (Å²) >= 11 is 0. The van der Waals surface area contributed by atoms with E-state index in [1.807, 2.05) is 13.8 Å². The van der Waals surface area contributed by atoms with E-state index in [-0.39, 0.29) is 24.2 Å². The number of nitrogens with one attached hydrogen (secondary N) is 2. The Balaban J connectivity index is 2.20. The summed E-state index contributed by atoms with van der Waals surface area (Å²) in [7, 11) is 0. The molecule has 1 aliphatic heterocycles. The summed E-state index contributed by atoms with van der Waals surface area (Å²) in [6, 6.07) is 6.56. The average molecular weight is 263 g/mol. The van der Waals surface area contributed by atoms with Crippen LogP contribution in [0, 0.1) is 5.82 Å². The molecule has 1 unspecified atom stereocenters. The minimum atomic E-state index is -0.865. The van der Waals surface area contributed by atoms with Crippen LogP contribution in [0.4, 0.5) is 4.39 Å². The molecule has 2 rings (SSSR count). The Kier molecular flexibility index (Phi) is 3.55. The third-order valence-corrected chi connectivity index (χ3v) is 3.02. The fourth-order valence-electron chi connectivity index (χ4n) is 2.06. The van der Waals surface area contributed by atoms with Crippen molar-refractivity contribution >= 4 is 11.9 Å². The van der Waals surface area contributed by atoms with Gasteiger partial charge in [0.2, 0.25) is 0 Å². The van der Waals surface area contributed by atoms with Gasteiger partial charge in [0.1, 0.15) is 11.4 Å². The molecule has 0 saturated carbocycles. The van der Waals surface area contributed by atoms with Gasteiger partial charge in [0, 0.05) is 12.5 Å². The van der Waals surface area contributed by atoms with Crippen LogP contribution in [0.15, 0.2) is 29.3 Å². The van der Waals surface area contributed by atoms with Crippen molar-refractivity contribution in [1.29, 1.82) is 0 Å².